The largest absolute Gasteiger partial charge is 0.494 e. The second kappa shape index (κ2) is 12.9. The summed E-state index contributed by atoms with van der Waals surface area (Å²) < 4.78 is 31.5. The molecule has 0 unspecified atom stereocenters. The summed E-state index contributed by atoms with van der Waals surface area (Å²) in [5.41, 5.74) is 2.79. The minimum Gasteiger partial charge on any atom is -0.494 e. The van der Waals surface area contributed by atoms with E-state index in [1.807, 2.05) is 43.0 Å². The number of hydrazone groups is 1. The molecule has 0 atom stereocenters. The topological polar surface area (TPSA) is 132 Å². The first-order chi connectivity index (χ1) is 19.9. The minimum atomic E-state index is -3.55. The fourth-order valence-corrected chi connectivity index (χ4v) is 5.59. The van der Waals surface area contributed by atoms with Gasteiger partial charge in [-0.15, -0.1) is 0 Å². The molecule has 0 saturated heterocycles. The SMILES string of the molecule is COc1cc(N2C=NN(C(=O)CN(C)C)CC2)c(C)cc1Nc1ncc(Cl)c(Nc2ccccc2S(=O)(=O)C(C)C)n1. The summed E-state index contributed by atoms with van der Waals surface area (Å²) >= 11 is 6.39. The third kappa shape index (κ3) is 6.92. The number of rotatable bonds is 10. The van der Waals surface area contributed by atoms with Gasteiger partial charge in [0.2, 0.25) is 5.95 Å². The number of aromatic nitrogens is 2. The normalized spacial score (nSPS) is 13.5. The first-order valence-corrected chi connectivity index (χ1v) is 15.2. The van der Waals surface area contributed by atoms with Crippen LogP contribution in [-0.2, 0) is 14.6 Å². The Morgan fingerprint density at radius 2 is 1.88 bits per heavy atom. The lowest BCUT2D eigenvalue weighted by Gasteiger charge is -2.30. The maximum atomic E-state index is 12.9. The van der Waals surface area contributed by atoms with Crippen LogP contribution in [0.5, 0.6) is 5.75 Å². The van der Waals surface area contributed by atoms with Crippen LogP contribution < -0.4 is 20.3 Å². The highest BCUT2D eigenvalue weighted by molar-refractivity contribution is 7.92. The van der Waals surface area contributed by atoms with Gasteiger partial charge < -0.3 is 25.2 Å². The Kier molecular flexibility index (Phi) is 9.54. The molecule has 0 saturated carbocycles. The molecule has 1 aliphatic rings. The number of nitrogens with one attached hydrogen (secondary N) is 2. The number of carbonyl (C=O) groups is 1. The van der Waals surface area contributed by atoms with Crippen molar-refractivity contribution in [1.29, 1.82) is 0 Å². The number of hydrogen-bond acceptors (Lipinski definition) is 11. The zero-order chi connectivity index (χ0) is 30.6. The second-order valence-corrected chi connectivity index (χ2v) is 13.1. The molecule has 1 aliphatic heterocycles. The predicted molar refractivity (Wildman–Crippen MR) is 166 cm³/mol. The van der Waals surface area contributed by atoms with Gasteiger partial charge in [-0.3, -0.25) is 4.79 Å². The number of amides is 1. The Hall–Kier alpha value is -3.94. The maximum Gasteiger partial charge on any atom is 0.256 e. The van der Waals surface area contributed by atoms with Crippen LogP contribution in [0, 0.1) is 6.92 Å². The van der Waals surface area contributed by atoms with Gasteiger partial charge in [-0.1, -0.05) is 23.7 Å². The van der Waals surface area contributed by atoms with Gasteiger partial charge in [-0.25, -0.2) is 18.4 Å². The van der Waals surface area contributed by atoms with Crippen molar-refractivity contribution < 1.29 is 17.9 Å². The standard InChI is InChI=1S/C28H35ClN8O4S/c1-18(2)42(39,40)25-10-8-7-9-21(25)32-27-20(29)15-30-28(34-27)33-22-13-19(3)23(14-24(22)41-6)36-11-12-37(31-17-36)26(38)16-35(4)5/h7-10,13-15,17-18H,11-12,16H2,1-6H3,(H2,30,32,33,34). The third-order valence-corrected chi connectivity index (χ3v) is 8.99. The highest BCUT2D eigenvalue weighted by Crippen LogP contribution is 2.36. The summed E-state index contributed by atoms with van der Waals surface area (Å²) in [7, 11) is 1.69. The molecule has 224 valence electrons. The van der Waals surface area contributed by atoms with Crippen LogP contribution in [0.25, 0.3) is 0 Å². The summed E-state index contributed by atoms with van der Waals surface area (Å²) in [5, 5.41) is 11.7. The number of aryl methyl sites for hydroxylation is 1. The molecule has 4 rings (SSSR count). The minimum absolute atomic E-state index is 0.0633. The monoisotopic (exact) mass is 614 g/mol. The average molecular weight is 615 g/mol. The molecule has 0 bridgehead atoms. The summed E-state index contributed by atoms with van der Waals surface area (Å²) in [6.07, 6.45) is 3.07. The van der Waals surface area contributed by atoms with Crippen LogP contribution in [0.15, 0.2) is 52.6 Å². The summed E-state index contributed by atoms with van der Waals surface area (Å²) in [5.74, 6) is 0.945. The summed E-state index contributed by atoms with van der Waals surface area (Å²) in [6.45, 7) is 6.54. The highest BCUT2D eigenvalue weighted by atomic mass is 35.5. The van der Waals surface area contributed by atoms with E-state index in [-0.39, 0.29) is 34.1 Å². The summed E-state index contributed by atoms with van der Waals surface area (Å²) in [4.78, 5) is 25.1. The molecular formula is C28H35ClN8O4S. The predicted octanol–water partition coefficient (Wildman–Crippen LogP) is 4.27. The number of benzene rings is 2. The molecule has 14 heteroatoms. The molecule has 12 nitrogen and oxygen atoms in total. The maximum absolute atomic E-state index is 12.9. The van der Waals surface area contributed by atoms with Crippen molar-refractivity contribution in [3.05, 3.63) is 53.2 Å². The van der Waals surface area contributed by atoms with Gasteiger partial charge in [-0.05, 0) is 58.6 Å². The van der Waals surface area contributed by atoms with Crippen molar-refractivity contribution >= 4 is 62.5 Å². The number of nitrogens with zero attached hydrogens (tertiary/aromatic N) is 6. The van der Waals surface area contributed by atoms with Gasteiger partial charge in [0.15, 0.2) is 15.7 Å². The van der Waals surface area contributed by atoms with E-state index in [1.54, 1.807) is 51.6 Å². The van der Waals surface area contributed by atoms with Crippen LogP contribution in [0.1, 0.15) is 19.4 Å². The van der Waals surface area contributed by atoms with Crippen LogP contribution in [0.2, 0.25) is 5.02 Å². The molecule has 1 aromatic heterocycles. The molecule has 2 heterocycles. The van der Waals surface area contributed by atoms with Gasteiger partial charge in [0.05, 0.1) is 47.9 Å². The van der Waals surface area contributed by atoms with Crippen molar-refractivity contribution in [2.75, 3.05) is 56.4 Å². The number of anilines is 5. The molecule has 3 aromatic rings. The molecule has 0 spiro atoms. The van der Waals surface area contributed by atoms with Gasteiger partial charge in [0.25, 0.3) is 5.91 Å². The Morgan fingerprint density at radius 3 is 2.52 bits per heavy atom. The summed E-state index contributed by atoms with van der Waals surface area (Å²) in [6, 6.07) is 10.4. The van der Waals surface area contributed by atoms with E-state index in [9.17, 15) is 13.2 Å². The first-order valence-electron chi connectivity index (χ1n) is 13.2. The number of likely N-dealkylation sites (N-methyl/N-ethyl adjacent to an activating group) is 1. The van der Waals surface area contributed by atoms with Crippen molar-refractivity contribution in [3.63, 3.8) is 0 Å². The Balaban J connectivity index is 1.57. The molecule has 0 fully saturated rings. The van der Waals surface area contributed by atoms with E-state index >= 15 is 0 Å². The fourth-order valence-electron chi connectivity index (χ4n) is 4.25. The lowest BCUT2D eigenvalue weighted by molar-refractivity contribution is -0.131. The fraction of sp³-hybridized carbons (Fsp3) is 0.357. The zero-order valence-electron chi connectivity index (χ0n) is 24.4. The van der Waals surface area contributed by atoms with E-state index in [0.717, 1.165) is 11.3 Å². The van der Waals surface area contributed by atoms with Crippen molar-refractivity contribution in [1.82, 2.24) is 19.9 Å². The third-order valence-electron chi connectivity index (χ3n) is 6.51. The van der Waals surface area contributed by atoms with Gasteiger partial charge >= 0.3 is 0 Å². The quantitative estimate of drug-likeness (QED) is 0.341. The molecule has 1 amide bonds. The van der Waals surface area contributed by atoms with E-state index in [0.29, 0.717) is 30.2 Å². The highest BCUT2D eigenvalue weighted by Gasteiger charge is 2.24. The van der Waals surface area contributed by atoms with Crippen LogP contribution in [0.4, 0.5) is 28.8 Å². The number of hydrogen-bond donors (Lipinski definition) is 2. The van der Waals surface area contributed by atoms with Crippen LogP contribution in [0.3, 0.4) is 0 Å². The Bertz CT molecular complexity index is 1600. The molecule has 2 aromatic carbocycles. The van der Waals surface area contributed by atoms with E-state index in [4.69, 9.17) is 16.3 Å². The first kappa shape index (κ1) is 31.0. The number of ether oxygens (including phenoxy) is 1. The van der Waals surface area contributed by atoms with Crippen LogP contribution >= 0.6 is 11.6 Å². The molecule has 0 radical (unpaired) electrons. The van der Waals surface area contributed by atoms with Crippen molar-refractivity contribution in [3.8, 4) is 5.75 Å². The number of carbonyl (C=O) groups excluding carboxylic acids is 1. The molecule has 2 N–H and O–H groups in total. The lowest BCUT2D eigenvalue weighted by Crippen LogP contribution is -2.43. The van der Waals surface area contributed by atoms with E-state index in [2.05, 4.69) is 25.7 Å². The van der Waals surface area contributed by atoms with Crippen LogP contribution in [-0.4, -0.2) is 86.6 Å². The number of halogens is 1. The van der Waals surface area contributed by atoms with E-state index < -0.39 is 15.1 Å². The average Bonchev–Trinajstić information content (AvgIpc) is 2.95. The second-order valence-electron chi connectivity index (χ2n) is 10.2. The smallest absolute Gasteiger partial charge is 0.256 e. The molecular weight excluding hydrogens is 580 g/mol. The van der Waals surface area contributed by atoms with Crippen molar-refractivity contribution in [2.45, 2.75) is 30.9 Å². The molecule has 42 heavy (non-hydrogen) atoms. The van der Waals surface area contributed by atoms with Gasteiger partial charge in [-0.2, -0.15) is 10.1 Å². The Labute approximate surface area is 251 Å². The number of methoxy groups -OCH3 is 1. The van der Waals surface area contributed by atoms with E-state index in [1.165, 1.54) is 11.2 Å². The van der Waals surface area contributed by atoms with Crippen molar-refractivity contribution in [2.24, 2.45) is 5.10 Å². The number of para-hydroxylation sites is 1. The Morgan fingerprint density at radius 1 is 1.14 bits per heavy atom. The van der Waals surface area contributed by atoms with Gasteiger partial charge in [0.1, 0.15) is 17.1 Å². The molecule has 0 aliphatic carbocycles. The number of sulfone groups is 1. The zero-order valence-corrected chi connectivity index (χ0v) is 26.0. The lowest BCUT2D eigenvalue weighted by atomic mass is 10.1. The van der Waals surface area contributed by atoms with Gasteiger partial charge in [0, 0.05) is 18.3 Å².